The van der Waals surface area contributed by atoms with Gasteiger partial charge in [-0.25, -0.2) is 0 Å². The molecule has 20 heavy (non-hydrogen) atoms. The van der Waals surface area contributed by atoms with Crippen LogP contribution in [0.3, 0.4) is 0 Å². The van der Waals surface area contributed by atoms with Crippen LogP contribution in [0, 0.1) is 0 Å². The molecule has 1 rings (SSSR count). The van der Waals surface area contributed by atoms with Crippen LogP contribution in [0.5, 0.6) is 0 Å². The average molecular weight is 300 g/mol. The monoisotopic (exact) mass is 300 g/mol. The maximum atomic E-state index is 12.1. The number of rotatable bonds is 8. The van der Waals surface area contributed by atoms with Crippen molar-refractivity contribution >= 4 is 16.2 Å². The van der Waals surface area contributed by atoms with Gasteiger partial charge in [-0.1, -0.05) is 37.3 Å². The molecule has 0 radical (unpaired) electrons. The van der Waals surface area contributed by atoms with E-state index in [0.717, 1.165) is 5.56 Å². The molecule has 7 heteroatoms. The van der Waals surface area contributed by atoms with Crippen LogP contribution >= 0.6 is 0 Å². The molecule has 0 aliphatic carbocycles. The molecule has 0 amide bonds. The van der Waals surface area contributed by atoms with E-state index in [2.05, 4.69) is 4.72 Å². The minimum atomic E-state index is -3.70. The first-order chi connectivity index (χ1) is 9.35. The first-order valence-electron chi connectivity index (χ1n) is 6.34. The standard InChI is InChI=1S/C13H20N2O4S/c1-3-12(9-13(16)17)14-20(18,19)15(2)10-11-7-5-4-6-8-11/h4-8,12,14H,3,9-10H2,1-2H3,(H,16,17). The highest BCUT2D eigenvalue weighted by atomic mass is 32.2. The van der Waals surface area contributed by atoms with Crippen molar-refractivity contribution in [3.05, 3.63) is 35.9 Å². The molecule has 2 N–H and O–H groups in total. The van der Waals surface area contributed by atoms with Gasteiger partial charge in [0.15, 0.2) is 0 Å². The Hall–Kier alpha value is -1.44. The second-order valence-electron chi connectivity index (χ2n) is 4.57. The zero-order chi connectivity index (χ0) is 15.2. The summed E-state index contributed by atoms with van der Waals surface area (Å²) >= 11 is 0. The maximum absolute atomic E-state index is 12.1. The zero-order valence-electron chi connectivity index (χ0n) is 11.6. The van der Waals surface area contributed by atoms with Crippen molar-refractivity contribution in [2.75, 3.05) is 7.05 Å². The Morgan fingerprint density at radius 3 is 2.45 bits per heavy atom. The fourth-order valence-electron chi connectivity index (χ4n) is 1.71. The summed E-state index contributed by atoms with van der Waals surface area (Å²) in [5, 5.41) is 8.74. The molecule has 1 aromatic rings. The van der Waals surface area contributed by atoms with Crippen molar-refractivity contribution in [2.24, 2.45) is 0 Å². The molecule has 0 saturated heterocycles. The molecule has 0 fully saturated rings. The average Bonchev–Trinajstić information content (AvgIpc) is 2.38. The summed E-state index contributed by atoms with van der Waals surface area (Å²) in [6.45, 7) is 1.98. The summed E-state index contributed by atoms with van der Waals surface area (Å²) in [7, 11) is -2.23. The van der Waals surface area contributed by atoms with Gasteiger partial charge in [0.1, 0.15) is 0 Å². The van der Waals surface area contributed by atoms with Gasteiger partial charge in [0.25, 0.3) is 10.2 Å². The Balaban J connectivity index is 2.69. The highest BCUT2D eigenvalue weighted by Gasteiger charge is 2.23. The molecule has 6 nitrogen and oxygen atoms in total. The molecular weight excluding hydrogens is 280 g/mol. The van der Waals surface area contributed by atoms with Crippen LogP contribution in [-0.2, 0) is 21.5 Å². The van der Waals surface area contributed by atoms with Crippen LogP contribution < -0.4 is 4.72 Å². The zero-order valence-corrected chi connectivity index (χ0v) is 12.4. The Bertz CT molecular complexity index is 531. The third-order valence-corrected chi connectivity index (χ3v) is 4.47. The summed E-state index contributed by atoms with van der Waals surface area (Å²) in [4.78, 5) is 10.7. The number of carboxylic acid groups (broad SMARTS) is 1. The van der Waals surface area contributed by atoms with Crippen LogP contribution in [-0.4, -0.2) is 36.9 Å². The molecule has 0 aliphatic rings. The molecule has 1 aromatic carbocycles. The molecule has 0 bridgehead atoms. The van der Waals surface area contributed by atoms with E-state index in [1.807, 2.05) is 30.3 Å². The summed E-state index contributed by atoms with van der Waals surface area (Å²) in [6.07, 6.45) is 0.194. The lowest BCUT2D eigenvalue weighted by Crippen LogP contribution is -2.43. The van der Waals surface area contributed by atoms with Gasteiger partial charge in [-0.3, -0.25) is 4.79 Å². The molecule has 0 aliphatic heterocycles. The van der Waals surface area contributed by atoms with Gasteiger partial charge in [0.2, 0.25) is 0 Å². The maximum Gasteiger partial charge on any atom is 0.304 e. The molecule has 112 valence electrons. The van der Waals surface area contributed by atoms with Gasteiger partial charge in [-0.2, -0.15) is 17.4 Å². The van der Waals surface area contributed by atoms with Gasteiger partial charge >= 0.3 is 5.97 Å². The lowest BCUT2D eigenvalue weighted by Gasteiger charge is -2.21. The minimum Gasteiger partial charge on any atom is -0.481 e. The Kier molecular flexibility index (Phi) is 6.12. The van der Waals surface area contributed by atoms with E-state index in [4.69, 9.17) is 5.11 Å². The molecular formula is C13H20N2O4S. The predicted molar refractivity (Wildman–Crippen MR) is 76.3 cm³/mol. The fourth-order valence-corrected chi connectivity index (χ4v) is 2.88. The summed E-state index contributed by atoms with van der Waals surface area (Å²) in [5.41, 5.74) is 0.867. The van der Waals surface area contributed by atoms with Crippen LogP contribution in [0.25, 0.3) is 0 Å². The van der Waals surface area contributed by atoms with Gasteiger partial charge in [0, 0.05) is 19.6 Å². The second kappa shape index (κ2) is 7.37. The van der Waals surface area contributed by atoms with Gasteiger partial charge < -0.3 is 5.11 Å². The molecule has 1 atom stereocenters. The van der Waals surface area contributed by atoms with E-state index >= 15 is 0 Å². The van der Waals surface area contributed by atoms with Crippen molar-refractivity contribution < 1.29 is 18.3 Å². The lowest BCUT2D eigenvalue weighted by molar-refractivity contribution is -0.137. The first-order valence-corrected chi connectivity index (χ1v) is 7.78. The topological polar surface area (TPSA) is 86.7 Å². The number of hydrogen-bond donors (Lipinski definition) is 2. The van der Waals surface area contributed by atoms with Gasteiger partial charge in [-0.05, 0) is 12.0 Å². The summed E-state index contributed by atoms with van der Waals surface area (Å²) in [6, 6.07) is 8.60. The molecule has 0 spiro atoms. The number of carbonyl (C=O) groups is 1. The van der Waals surface area contributed by atoms with Gasteiger partial charge in [0.05, 0.1) is 6.42 Å². The quantitative estimate of drug-likeness (QED) is 0.755. The molecule has 0 heterocycles. The van der Waals surface area contributed by atoms with E-state index in [-0.39, 0.29) is 13.0 Å². The summed E-state index contributed by atoms with van der Waals surface area (Å²) < 4.78 is 27.8. The highest BCUT2D eigenvalue weighted by Crippen LogP contribution is 2.08. The number of carboxylic acids is 1. The second-order valence-corrected chi connectivity index (χ2v) is 6.38. The van der Waals surface area contributed by atoms with Crippen molar-refractivity contribution in [1.82, 2.24) is 9.03 Å². The fraction of sp³-hybridized carbons (Fsp3) is 0.462. The van der Waals surface area contributed by atoms with E-state index in [0.29, 0.717) is 6.42 Å². The van der Waals surface area contributed by atoms with E-state index in [1.165, 1.54) is 11.4 Å². The van der Waals surface area contributed by atoms with Crippen molar-refractivity contribution in [1.29, 1.82) is 0 Å². The SMILES string of the molecule is CCC(CC(=O)O)NS(=O)(=O)N(C)Cc1ccccc1. The van der Waals surface area contributed by atoms with E-state index in [1.54, 1.807) is 6.92 Å². The predicted octanol–water partition coefficient (Wildman–Crippen LogP) is 1.21. The van der Waals surface area contributed by atoms with Crippen molar-refractivity contribution in [3.63, 3.8) is 0 Å². The van der Waals surface area contributed by atoms with Crippen LogP contribution in [0.2, 0.25) is 0 Å². The number of nitrogens with zero attached hydrogens (tertiary/aromatic N) is 1. The Morgan fingerprint density at radius 2 is 1.95 bits per heavy atom. The Morgan fingerprint density at radius 1 is 1.35 bits per heavy atom. The minimum absolute atomic E-state index is 0.227. The molecule has 1 unspecified atom stereocenters. The third-order valence-electron chi connectivity index (χ3n) is 2.89. The van der Waals surface area contributed by atoms with E-state index < -0.39 is 22.2 Å². The Labute approximate surface area is 119 Å². The normalized spacial score (nSPS) is 13.3. The highest BCUT2D eigenvalue weighted by molar-refractivity contribution is 7.87. The number of hydrogen-bond acceptors (Lipinski definition) is 3. The lowest BCUT2D eigenvalue weighted by atomic mass is 10.2. The largest absolute Gasteiger partial charge is 0.481 e. The third kappa shape index (κ3) is 5.28. The van der Waals surface area contributed by atoms with Gasteiger partial charge in [-0.15, -0.1) is 0 Å². The van der Waals surface area contributed by atoms with E-state index in [9.17, 15) is 13.2 Å². The molecule has 0 saturated carbocycles. The van der Waals surface area contributed by atoms with Crippen LogP contribution in [0.15, 0.2) is 30.3 Å². The number of nitrogens with one attached hydrogen (secondary N) is 1. The number of aliphatic carboxylic acids is 1. The van der Waals surface area contributed by atoms with Crippen molar-refractivity contribution in [2.45, 2.75) is 32.4 Å². The number of benzene rings is 1. The smallest absolute Gasteiger partial charge is 0.304 e. The van der Waals surface area contributed by atoms with Crippen LogP contribution in [0.1, 0.15) is 25.3 Å². The van der Waals surface area contributed by atoms with Crippen molar-refractivity contribution in [3.8, 4) is 0 Å². The summed E-state index contributed by atoms with van der Waals surface area (Å²) in [5.74, 6) is -1.02. The molecule has 0 aromatic heterocycles. The van der Waals surface area contributed by atoms with Crippen LogP contribution in [0.4, 0.5) is 0 Å². The first kappa shape index (κ1) is 16.6.